The van der Waals surface area contributed by atoms with E-state index >= 15 is 0 Å². The lowest BCUT2D eigenvalue weighted by Gasteiger charge is -2.42. The molecule has 6 heterocycles. The Morgan fingerprint density at radius 1 is 0.778 bits per heavy atom. The van der Waals surface area contributed by atoms with E-state index in [0.717, 1.165) is 55.8 Å². The summed E-state index contributed by atoms with van der Waals surface area (Å²) in [6.45, 7) is 20.0. The monoisotopic (exact) mass is 1260 g/mol. The average Bonchev–Trinajstić information content (AvgIpc) is 1.12. The van der Waals surface area contributed by atoms with Crippen LogP contribution in [0.5, 0.6) is 0 Å². The third-order valence-electron chi connectivity index (χ3n) is 20.9. The number of likely N-dealkylation sites (tertiary alicyclic amines) is 1. The first-order chi connectivity index (χ1) is 43.0. The summed E-state index contributed by atoms with van der Waals surface area (Å²) in [5.41, 5.74) is 2.54. The SMILES string of the molecule is CO[C@H]1C[C@@H]2CC[C@@H](C)[C@@](O)(O2)C(=O)C(=O)N2CCCC[C@H]2C(=O)O[C@H](CC[C@@H]2CC[C@@H](O)[C@H](OC)C2)C[C@@H](O)[C@H](C)/C=C(\C)[C@@H](O)[C@@H](OC)/C(=N/OCC(=O)NCc2cnc(N3CCC(N4CCC(C)CC4)CC3)nc2)[C@H](C)C[C@H](C)C(C)C/C=C/C=C/1C. The lowest BCUT2D eigenvalue weighted by atomic mass is 9.81. The average molecular weight is 1260 g/mol. The molecule has 1 aromatic heterocycles. The number of hydrogen-bond donors (Lipinski definition) is 5. The van der Waals surface area contributed by atoms with Gasteiger partial charge in [-0.05, 0) is 164 Å². The van der Waals surface area contributed by atoms with Gasteiger partial charge in [0.25, 0.3) is 17.6 Å². The molecule has 0 radical (unpaired) electrons. The van der Waals surface area contributed by atoms with Crippen LogP contribution in [0.15, 0.2) is 53.0 Å². The molecular formula is C69H111N7O14. The summed E-state index contributed by atoms with van der Waals surface area (Å²) in [4.78, 5) is 78.0. The van der Waals surface area contributed by atoms with Gasteiger partial charge in [0.2, 0.25) is 11.7 Å². The normalized spacial score (nSPS) is 36.6. The van der Waals surface area contributed by atoms with Crippen LogP contribution in [-0.4, -0.2) is 197 Å². The van der Waals surface area contributed by atoms with Crippen molar-refractivity contribution in [2.45, 2.75) is 244 Å². The summed E-state index contributed by atoms with van der Waals surface area (Å²) in [6, 6.07) is -0.520. The van der Waals surface area contributed by atoms with E-state index < -0.39 is 96.6 Å². The van der Waals surface area contributed by atoms with Crippen LogP contribution in [0, 0.1) is 41.4 Å². The van der Waals surface area contributed by atoms with Crippen LogP contribution < -0.4 is 10.2 Å². The highest BCUT2D eigenvalue weighted by Crippen LogP contribution is 2.38. The molecule has 0 spiro atoms. The number of nitrogens with zero attached hydrogens (tertiary/aromatic N) is 6. The molecule has 4 saturated heterocycles. The predicted octanol–water partition coefficient (Wildman–Crippen LogP) is 7.81. The molecule has 1 unspecified atom stereocenters. The zero-order valence-corrected chi connectivity index (χ0v) is 56.0. The third kappa shape index (κ3) is 19.9. The number of allylic oxidation sites excluding steroid dienone is 3. The number of cyclic esters (lactones) is 1. The van der Waals surface area contributed by atoms with E-state index in [0.29, 0.717) is 87.5 Å². The second kappa shape index (κ2) is 35.0. The number of aliphatic hydroxyl groups is 4. The summed E-state index contributed by atoms with van der Waals surface area (Å²) >= 11 is 0. The van der Waals surface area contributed by atoms with Gasteiger partial charge < -0.3 is 69.0 Å². The molecule has 6 aliphatic rings. The highest BCUT2D eigenvalue weighted by Gasteiger charge is 2.53. The number of esters is 1. The van der Waals surface area contributed by atoms with Crippen LogP contribution in [0.4, 0.5) is 5.95 Å². The summed E-state index contributed by atoms with van der Waals surface area (Å²) in [5.74, 6) is -5.30. The molecule has 1 aliphatic carbocycles. The summed E-state index contributed by atoms with van der Waals surface area (Å²) < 4.78 is 30.2. The smallest absolute Gasteiger partial charge is 0.329 e. The number of aliphatic hydroxyl groups excluding tert-OH is 3. The van der Waals surface area contributed by atoms with Crippen LogP contribution in [0.25, 0.3) is 0 Å². The van der Waals surface area contributed by atoms with E-state index in [1.807, 2.05) is 32.9 Å². The lowest BCUT2D eigenvalue weighted by Crippen LogP contribution is -2.60. The maximum Gasteiger partial charge on any atom is 0.329 e. The van der Waals surface area contributed by atoms with Gasteiger partial charge in [0.15, 0.2) is 6.61 Å². The molecular weight excluding hydrogens is 1150 g/mol. The number of rotatable bonds is 13. The van der Waals surface area contributed by atoms with Gasteiger partial charge in [-0.3, -0.25) is 14.4 Å². The van der Waals surface area contributed by atoms with Crippen molar-refractivity contribution in [1.82, 2.24) is 25.1 Å². The number of hydrogen-bond acceptors (Lipinski definition) is 19. The third-order valence-corrected chi connectivity index (χ3v) is 20.9. The standard InChI is InChI=1S/C69H111N7O14/c1-43-25-30-74(31-26-43)53-27-32-75(33-28-53)68-71-40-52(41-72-68)39-70-61(79)42-88-73-62-48(6)34-46(4)44(2)16-12-13-17-45(3)59(85-9)38-55-22-19-50(8)69(84,90-55)65(81)66(82)76-29-15-14-18-56(76)67(83)89-54(23-20-51-21-24-57(77)60(36-51)86-10)37-58(78)47(5)35-49(7)63(80)64(62)87-11/h12-13,17,35,40-41,43-44,46-48,50-51,53-60,63-64,77-78,80,84H,14-16,18-34,36-39,42H2,1-11H3,(H,70,79)/b13-12+,45-17+,49-35+,73-62+/t44?,46-,47+,48+,50+,51+,54+,55-,56-,57+,58+,59-,60+,63+,64-,69+/m0/s1. The molecule has 506 valence electrons. The van der Waals surface area contributed by atoms with Gasteiger partial charge in [0.1, 0.15) is 24.4 Å². The summed E-state index contributed by atoms with van der Waals surface area (Å²) in [6.07, 6.45) is 16.8. The van der Waals surface area contributed by atoms with Crippen molar-refractivity contribution in [1.29, 1.82) is 0 Å². The van der Waals surface area contributed by atoms with Crippen LogP contribution in [0.1, 0.15) is 177 Å². The molecule has 21 heteroatoms. The van der Waals surface area contributed by atoms with Crippen molar-refractivity contribution >= 4 is 35.2 Å². The molecule has 21 nitrogen and oxygen atoms in total. The number of carbonyl (C=O) groups excluding carboxylic acids is 4. The van der Waals surface area contributed by atoms with Crippen LogP contribution in [0.2, 0.25) is 0 Å². The molecule has 5 N–H and O–H groups in total. The first-order valence-corrected chi connectivity index (χ1v) is 33.9. The molecule has 5 aliphatic heterocycles. The topological polar surface area (TPSA) is 264 Å². The van der Waals surface area contributed by atoms with Crippen molar-refractivity contribution in [3.05, 3.63) is 53.4 Å². The number of ketones is 1. The first-order valence-electron chi connectivity index (χ1n) is 33.9. The van der Waals surface area contributed by atoms with Crippen LogP contribution in [0.3, 0.4) is 0 Å². The van der Waals surface area contributed by atoms with Crippen LogP contribution in [-0.2, 0) is 54.2 Å². The molecule has 2 amide bonds. The van der Waals surface area contributed by atoms with Gasteiger partial charge in [-0.1, -0.05) is 71.0 Å². The molecule has 7 rings (SSSR count). The first kappa shape index (κ1) is 72.7. The second-order valence-electron chi connectivity index (χ2n) is 27.6. The van der Waals surface area contributed by atoms with Crippen molar-refractivity contribution in [3.8, 4) is 0 Å². The fourth-order valence-corrected chi connectivity index (χ4v) is 14.3. The number of fused-ring (bicyclic) bond motifs is 3. The molecule has 90 heavy (non-hydrogen) atoms. The minimum absolute atomic E-state index is 0.00750. The molecule has 0 aromatic carbocycles. The second-order valence-corrected chi connectivity index (χ2v) is 27.6. The number of piperidine rings is 3. The van der Waals surface area contributed by atoms with Gasteiger partial charge in [-0.25, -0.2) is 14.8 Å². The van der Waals surface area contributed by atoms with Gasteiger partial charge in [-0.15, -0.1) is 0 Å². The fourth-order valence-electron chi connectivity index (χ4n) is 14.3. The number of amides is 2. The summed E-state index contributed by atoms with van der Waals surface area (Å²) in [7, 11) is 4.67. The number of methoxy groups -OCH3 is 3. The predicted molar refractivity (Wildman–Crippen MR) is 344 cm³/mol. The van der Waals surface area contributed by atoms with Gasteiger partial charge >= 0.3 is 5.97 Å². The van der Waals surface area contributed by atoms with Crippen molar-refractivity contribution in [2.24, 2.45) is 46.6 Å². The quantitative estimate of drug-likeness (QED) is 0.0546. The minimum Gasteiger partial charge on any atom is -0.461 e. The fraction of sp³-hybridized carbons (Fsp3) is 0.783. The Labute approximate surface area is 536 Å². The Morgan fingerprint density at radius 2 is 1.50 bits per heavy atom. The number of carbonyl (C=O) groups is 4. The minimum atomic E-state index is -2.43. The Kier molecular flexibility index (Phi) is 28.3. The Balaban J connectivity index is 1.09. The van der Waals surface area contributed by atoms with Crippen LogP contribution >= 0.6 is 0 Å². The number of oxime groups is 1. The van der Waals surface area contributed by atoms with Gasteiger partial charge in [0, 0.05) is 102 Å². The maximum atomic E-state index is 14.6. The number of nitrogens with one attached hydrogen (secondary N) is 1. The molecule has 1 aromatic rings. The van der Waals surface area contributed by atoms with E-state index in [9.17, 15) is 39.6 Å². The Hall–Kier alpha value is -4.71. The number of ether oxygens (including phenoxy) is 5. The zero-order valence-electron chi connectivity index (χ0n) is 56.0. The van der Waals surface area contributed by atoms with E-state index in [2.05, 4.69) is 57.1 Å². The Bertz CT molecular complexity index is 2570. The zero-order chi connectivity index (χ0) is 65.2. The lowest BCUT2D eigenvalue weighted by molar-refractivity contribution is -0.265. The van der Waals surface area contributed by atoms with Crippen molar-refractivity contribution in [2.75, 3.05) is 65.6 Å². The van der Waals surface area contributed by atoms with E-state index in [1.165, 1.54) is 37.9 Å². The summed E-state index contributed by atoms with van der Waals surface area (Å²) in [5, 5.41) is 54.5. The number of anilines is 1. The number of aromatic nitrogens is 2. The highest BCUT2D eigenvalue weighted by atomic mass is 16.6. The molecule has 1 saturated carbocycles. The van der Waals surface area contributed by atoms with E-state index in [-0.39, 0.29) is 55.7 Å². The Morgan fingerprint density at radius 3 is 2.19 bits per heavy atom. The van der Waals surface area contributed by atoms with Crippen molar-refractivity contribution in [3.63, 3.8) is 0 Å². The largest absolute Gasteiger partial charge is 0.461 e. The molecule has 5 fully saturated rings. The highest BCUT2D eigenvalue weighted by molar-refractivity contribution is 6.39. The molecule has 16 atom stereocenters. The van der Waals surface area contributed by atoms with E-state index in [1.54, 1.807) is 46.5 Å². The van der Waals surface area contributed by atoms with Gasteiger partial charge in [-0.2, -0.15) is 0 Å². The maximum absolute atomic E-state index is 14.6. The van der Waals surface area contributed by atoms with Crippen molar-refractivity contribution < 1.29 is 68.1 Å². The number of Topliss-reactive ketones (excluding diaryl/α,β-unsaturated/α-hetero) is 1. The van der Waals surface area contributed by atoms with Gasteiger partial charge in [0.05, 0.1) is 36.2 Å². The van der Waals surface area contributed by atoms with E-state index in [4.69, 9.17) is 28.5 Å². The molecule has 2 bridgehead atoms.